The summed E-state index contributed by atoms with van der Waals surface area (Å²) in [7, 11) is 0. The summed E-state index contributed by atoms with van der Waals surface area (Å²) in [5.74, 6) is 0.844. The quantitative estimate of drug-likeness (QED) is 0.787. The molecule has 0 fully saturated rings. The van der Waals surface area contributed by atoms with Gasteiger partial charge in [0.05, 0.1) is 12.1 Å². The van der Waals surface area contributed by atoms with Crippen LogP contribution in [-0.2, 0) is 19.4 Å². The van der Waals surface area contributed by atoms with Crippen molar-refractivity contribution in [2.75, 3.05) is 6.54 Å². The fraction of sp³-hybridized carbons (Fsp3) is 0.312. The van der Waals surface area contributed by atoms with E-state index in [1.165, 1.54) is 6.39 Å². The van der Waals surface area contributed by atoms with Gasteiger partial charge in [-0.15, -0.1) is 0 Å². The van der Waals surface area contributed by atoms with E-state index in [4.69, 9.17) is 4.42 Å². The third-order valence-corrected chi connectivity index (χ3v) is 4.23. The van der Waals surface area contributed by atoms with Gasteiger partial charge in [0.15, 0.2) is 6.39 Å². The van der Waals surface area contributed by atoms with Crippen molar-refractivity contribution in [3.05, 3.63) is 47.3 Å². The van der Waals surface area contributed by atoms with E-state index in [1.807, 2.05) is 18.2 Å². The molecule has 0 unspecified atom stereocenters. The van der Waals surface area contributed by atoms with Crippen molar-refractivity contribution in [3.8, 4) is 0 Å². The average Bonchev–Trinajstić information content (AvgIpc) is 3.19. The number of benzene rings is 1. The maximum atomic E-state index is 12.8. The van der Waals surface area contributed by atoms with Crippen molar-refractivity contribution in [3.63, 3.8) is 0 Å². The lowest BCUT2D eigenvalue weighted by atomic mass is 10.1. The molecule has 6 heteroatoms. The number of hydrogen-bond acceptors (Lipinski definition) is 4. The van der Waals surface area contributed by atoms with Gasteiger partial charge in [-0.1, -0.05) is 25.1 Å². The molecule has 0 spiro atoms. The second-order valence-electron chi connectivity index (χ2n) is 5.46. The molecule has 1 aliphatic heterocycles. The smallest absolute Gasteiger partial charge is 0.272 e. The van der Waals surface area contributed by atoms with Crippen LogP contribution in [-0.4, -0.2) is 32.5 Å². The summed E-state index contributed by atoms with van der Waals surface area (Å²) in [6.45, 7) is 3.20. The first-order chi connectivity index (χ1) is 10.8. The van der Waals surface area contributed by atoms with Gasteiger partial charge < -0.3 is 9.32 Å². The molecule has 4 rings (SSSR count). The summed E-state index contributed by atoms with van der Waals surface area (Å²) in [5, 5.41) is 8.14. The van der Waals surface area contributed by atoms with E-state index in [2.05, 4.69) is 22.1 Å². The number of nitrogens with zero attached hydrogens (tertiary/aromatic N) is 3. The van der Waals surface area contributed by atoms with Crippen LogP contribution in [0.3, 0.4) is 0 Å². The highest BCUT2D eigenvalue weighted by Crippen LogP contribution is 2.24. The summed E-state index contributed by atoms with van der Waals surface area (Å²) < 4.78 is 5.31. The lowest BCUT2D eigenvalue weighted by molar-refractivity contribution is 0.0724. The van der Waals surface area contributed by atoms with Crippen molar-refractivity contribution >= 4 is 16.8 Å². The van der Waals surface area contributed by atoms with Crippen LogP contribution < -0.4 is 0 Å². The van der Waals surface area contributed by atoms with Crippen LogP contribution in [0.4, 0.5) is 0 Å². The molecular formula is C16H16N4O2. The summed E-state index contributed by atoms with van der Waals surface area (Å²) >= 11 is 0. The largest absolute Gasteiger partial charge is 0.448 e. The van der Waals surface area contributed by atoms with Gasteiger partial charge in [-0.25, -0.2) is 4.98 Å². The third-order valence-electron chi connectivity index (χ3n) is 4.23. The van der Waals surface area contributed by atoms with Crippen molar-refractivity contribution in [2.45, 2.75) is 26.3 Å². The highest BCUT2D eigenvalue weighted by atomic mass is 16.3. The molecule has 0 aliphatic carbocycles. The van der Waals surface area contributed by atoms with E-state index in [9.17, 15) is 4.79 Å². The van der Waals surface area contributed by atoms with E-state index < -0.39 is 0 Å². The molecule has 2 aromatic heterocycles. The second kappa shape index (κ2) is 4.98. The molecule has 0 saturated heterocycles. The summed E-state index contributed by atoms with van der Waals surface area (Å²) in [6.07, 6.45) is 3.03. The van der Waals surface area contributed by atoms with Gasteiger partial charge in [0.25, 0.3) is 5.91 Å². The molecule has 1 aromatic carbocycles. The molecule has 22 heavy (non-hydrogen) atoms. The molecule has 0 atom stereocenters. The normalized spacial score (nSPS) is 14.3. The van der Waals surface area contributed by atoms with Crippen molar-refractivity contribution in [1.82, 2.24) is 20.1 Å². The van der Waals surface area contributed by atoms with Gasteiger partial charge in [-0.05, 0) is 12.0 Å². The average molecular weight is 296 g/mol. The van der Waals surface area contributed by atoms with Crippen LogP contribution in [0.2, 0.25) is 0 Å². The molecule has 1 aliphatic rings. The Hall–Kier alpha value is -2.63. The number of aromatic nitrogens is 3. The van der Waals surface area contributed by atoms with E-state index in [0.29, 0.717) is 25.2 Å². The van der Waals surface area contributed by atoms with E-state index in [1.54, 1.807) is 4.90 Å². The molecule has 0 bridgehead atoms. The molecule has 112 valence electrons. The van der Waals surface area contributed by atoms with Gasteiger partial charge in [0, 0.05) is 18.4 Å². The Morgan fingerprint density at radius 2 is 2.36 bits per heavy atom. The minimum absolute atomic E-state index is 0.0376. The first-order valence-electron chi connectivity index (χ1n) is 7.44. The number of para-hydroxylation sites is 1. The zero-order valence-corrected chi connectivity index (χ0v) is 12.3. The van der Waals surface area contributed by atoms with Crippen LogP contribution in [0.1, 0.15) is 34.4 Å². The number of fused-ring (bicyclic) bond motifs is 2. The van der Waals surface area contributed by atoms with E-state index in [0.717, 1.165) is 34.3 Å². The van der Waals surface area contributed by atoms with Crippen LogP contribution in [0.25, 0.3) is 10.9 Å². The second-order valence-corrected chi connectivity index (χ2v) is 5.46. The predicted molar refractivity (Wildman–Crippen MR) is 80.4 cm³/mol. The molecule has 1 N–H and O–H groups in total. The first kappa shape index (κ1) is 13.1. The Labute approximate surface area is 127 Å². The highest BCUT2D eigenvalue weighted by molar-refractivity contribution is 6.05. The molecule has 3 heterocycles. The zero-order valence-electron chi connectivity index (χ0n) is 12.3. The Morgan fingerprint density at radius 1 is 1.45 bits per heavy atom. The maximum Gasteiger partial charge on any atom is 0.272 e. The lowest BCUT2D eigenvalue weighted by Crippen LogP contribution is -2.36. The Kier molecular flexibility index (Phi) is 2.96. The third kappa shape index (κ3) is 1.91. The maximum absolute atomic E-state index is 12.8. The van der Waals surface area contributed by atoms with Crippen LogP contribution >= 0.6 is 0 Å². The minimum atomic E-state index is -0.0376. The predicted octanol–water partition coefficient (Wildman–Crippen LogP) is 2.31. The number of oxazole rings is 1. The molecular weight excluding hydrogens is 280 g/mol. The summed E-state index contributed by atoms with van der Waals surface area (Å²) in [4.78, 5) is 18.8. The number of H-pyrrole nitrogens is 1. The van der Waals surface area contributed by atoms with Gasteiger partial charge in [-0.3, -0.25) is 9.89 Å². The Morgan fingerprint density at radius 3 is 3.23 bits per heavy atom. The highest BCUT2D eigenvalue weighted by Gasteiger charge is 2.26. The number of amides is 1. The Bertz CT molecular complexity index is 849. The molecule has 3 aromatic rings. The number of nitrogens with one attached hydrogen (secondary N) is 1. The number of hydrogen-bond donors (Lipinski definition) is 1. The van der Waals surface area contributed by atoms with Crippen molar-refractivity contribution in [1.29, 1.82) is 0 Å². The van der Waals surface area contributed by atoms with Gasteiger partial charge in [0.1, 0.15) is 17.1 Å². The minimum Gasteiger partial charge on any atom is -0.448 e. The van der Waals surface area contributed by atoms with Crippen molar-refractivity contribution < 1.29 is 9.21 Å². The molecule has 6 nitrogen and oxygen atoms in total. The van der Waals surface area contributed by atoms with Gasteiger partial charge in [-0.2, -0.15) is 5.10 Å². The van der Waals surface area contributed by atoms with Crippen LogP contribution in [0.5, 0.6) is 0 Å². The van der Waals surface area contributed by atoms with Crippen LogP contribution in [0.15, 0.2) is 29.0 Å². The zero-order chi connectivity index (χ0) is 15.1. The van der Waals surface area contributed by atoms with Gasteiger partial charge in [0.2, 0.25) is 0 Å². The van der Waals surface area contributed by atoms with Crippen LogP contribution in [0, 0.1) is 0 Å². The summed E-state index contributed by atoms with van der Waals surface area (Å²) in [6, 6.07) is 5.95. The number of carbonyl (C=O) groups is 1. The lowest BCUT2D eigenvalue weighted by Gasteiger charge is -2.24. The first-order valence-corrected chi connectivity index (χ1v) is 7.44. The summed E-state index contributed by atoms with van der Waals surface area (Å²) in [5.41, 5.74) is 3.42. The molecule has 0 saturated carbocycles. The number of rotatable bonds is 2. The van der Waals surface area contributed by atoms with E-state index >= 15 is 0 Å². The fourth-order valence-corrected chi connectivity index (χ4v) is 3.00. The standard InChI is InChI=1S/C16H16N4O2/c1-2-10-4-3-5-11-14(10)18-19-15(11)16(21)20-7-6-13-12(8-20)17-9-22-13/h3-5,9H,2,6-8H2,1H3,(H,18,19). The number of aromatic amines is 1. The SMILES string of the molecule is CCc1cccc2c(C(=O)N3CCc4ocnc4C3)[nH]nc12. The Balaban J connectivity index is 1.69. The number of aryl methyl sites for hydroxylation is 1. The van der Waals surface area contributed by atoms with Crippen molar-refractivity contribution in [2.24, 2.45) is 0 Å². The van der Waals surface area contributed by atoms with Gasteiger partial charge >= 0.3 is 0 Å². The van der Waals surface area contributed by atoms with E-state index in [-0.39, 0.29) is 5.91 Å². The topological polar surface area (TPSA) is 75.0 Å². The fourth-order valence-electron chi connectivity index (χ4n) is 3.00. The number of carbonyl (C=O) groups excluding carboxylic acids is 1. The molecule has 0 radical (unpaired) electrons. The monoisotopic (exact) mass is 296 g/mol. The molecule has 1 amide bonds.